The van der Waals surface area contributed by atoms with Crippen LogP contribution in [0.2, 0.25) is 0 Å². The van der Waals surface area contributed by atoms with Crippen LogP contribution in [0.15, 0.2) is 29.2 Å². The number of benzene rings is 1. The van der Waals surface area contributed by atoms with Crippen molar-refractivity contribution in [2.24, 2.45) is 5.92 Å². The van der Waals surface area contributed by atoms with Crippen LogP contribution in [-0.4, -0.2) is 63.9 Å². The van der Waals surface area contributed by atoms with Gasteiger partial charge in [-0.3, -0.25) is 14.4 Å². The Morgan fingerprint density at radius 1 is 1.17 bits per heavy atom. The van der Waals surface area contributed by atoms with Crippen LogP contribution in [0.5, 0.6) is 0 Å². The molecule has 10 heteroatoms. The van der Waals surface area contributed by atoms with Crippen LogP contribution in [0.3, 0.4) is 0 Å². The second-order valence-electron chi connectivity index (χ2n) is 7.16. The van der Waals surface area contributed by atoms with Crippen molar-refractivity contribution in [1.29, 1.82) is 0 Å². The highest BCUT2D eigenvalue weighted by atomic mass is 32.2. The van der Waals surface area contributed by atoms with E-state index >= 15 is 0 Å². The van der Waals surface area contributed by atoms with Gasteiger partial charge in [-0.25, -0.2) is 13.1 Å². The van der Waals surface area contributed by atoms with Crippen molar-refractivity contribution in [2.75, 3.05) is 32.8 Å². The molecule has 1 atom stereocenters. The SMILES string of the molecule is Cc1ccc(S(=O)(=O)NCC(=O)NCC(=O)OCC(=O)N2CCC[C@H](C)C2)cc1. The number of aryl methyl sites for hydroxylation is 1. The number of esters is 1. The molecule has 2 rings (SSSR count). The minimum absolute atomic E-state index is 0.0425. The lowest BCUT2D eigenvalue weighted by Gasteiger charge is -2.30. The van der Waals surface area contributed by atoms with E-state index in [9.17, 15) is 22.8 Å². The van der Waals surface area contributed by atoms with Crippen molar-refractivity contribution in [3.05, 3.63) is 29.8 Å². The number of nitrogens with zero attached hydrogens (tertiary/aromatic N) is 1. The van der Waals surface area contributed by atoms with Crippen molar-refractivity contribution < 1.29 is 27.5 Å². The first kappa shape index (κ1) is 22.8. The van der Waals surface area contributed by atoms with Crippen molar-refractivity contribution in [3.63, 3.8) is 0 Å². The van der Waals surface area contributed by atoms with Crippen LogP contribution >= 0.6 is 0 Å². The van der Waals surface area contributed by atoms with Crippen LogP contribution < -0.4 is 10.0 Å². The molecule has 2 N–H and O–H groups in total. The fourth-order valence-corrected chi connectivity index (χ4v) is 3.88. The predicted molar refractivity (Wildman–Crippen MR) is 105 cm³/mol. The number of carbonyl (C=O) groups excluding carboxylic acids is 3. The maximum Gasteiger partial charge on any atom is 0.325 e. The first-order valence-electron chi connectivity index (χ1n) is 9.44. The average Bonchev–Trinajstić information content (AvgIpc) is 2.69. The van der Waals surface area contributed by atoms with Gasteiger partial charge in [-0.05, 0) is 37.8 Å². The van der Waals surface area contributed by atoms with Gasteiger partial charge in [0, 0.05) is 13.1 Å². The molecule has 1 aliphatic heterocycles. The summed E-state index contributed by atoms with van der Waals surface area (Å²) < 4.78 is 31.3. The molecule has 0 aliphatic carbocycles. The second kappa shape index (κ2) is 10.4. The minimum atomic E-state index is -3.83. The molecule has 0 spiro atoms. The Morgan fingerprint density at radius 3 is 2.52 bits per heavy atom. The summed E-state index contributed by atoms with van der Waals surface area (Å²) in [7, 11) is -3.83. The highest BCUT2D eigenvalue weighted by Crippen LogP contribution is 2.15. The predicted octanol–water partition coefficient (Wildman–Crippen LogP) is 0.191. The lowest BCUT2D eigenvalue weighted by Crippen LogP contribution is -2.42. The molecule has 2 amide bonds. The summed E-state index contributed by atoms with van der Waals surface area (Å²) in [4.78, 5) is 37.2. The number of ether oxygens (including phenoxy) is 1. The van der Waals surface area contributed by atoms with Gasteiger partial charge < -0.3 is 15.0 Å². The van der Waals surface area contributed by atoms with Gasteiger partial charge in [0.25, 0.3) is 5.91 Å². The van der Waals surface area contributed by atoms with E-state index in [1.807, 2.05) is 6.92 Å². The van der Waals surface area contributed by atoms with E-state index in [0.29, 0.717) is 19.0 Å². The van der Waals surface area contributed by atoms with Crippen molar-refractivity contribution in [3.8, 4) is 0 Å². The molecule has 0 saturated carbocycles. The third-order valence-corrected chi connectivity index (χ3v) is 5.97. The molecular formula is C19H27N3O6S. The number of hydrogen-bond donors (Lipinski definition) is 2. The maximum absolute atomic E-state index is 12.1. The number of hydrogen-bond acceptors (Lipinski definition) is 6. The number of carbonyl (C=O) groups is 3. The molecule has 9 nitrogen and oxygen atoms in total. The number of nitrogens with one attached hydrogen (secondary N) is 2. The average molecular weight is 426 g/mol. The van der Waals surface area contributed by atoms with Gasteiger partial charge in [-0.2, -0.15) is 0 Å². The quantitative estimate of drug-likeness (QED) is 0.574. The first-order valence-corrected chi connectivity index (χ1v) is 10.9. The van der Waals surface area contributed by atoms with E-state index in [1.54, 1.807) is 17.0 Å². The molecule has 1 aliphatic rings. The molecule has 0 bridgehead atoms. The van der Waals surface area contributed by atoms with Crippen molar-refractivity contribution in [2.45, 2.75) is 31.6 Å². The van der Waals surface area contributed by atoms with E-state index in [2.05, 4.69) is 17.0 Å². The molecule has 1 aromatic carbocycles. The highest BCUT2D eigenvalue weighted by Gasteiger charge is 2.22. The molecule has 1 saturated heterocycles. The zero-order valence-corrected chi connectivity index (χ0v) is 17.5. The van der Waals surface area contributed by atoms with Gasteiger partial charge in [0.1, 0.15) is 6.54 Å². The molecule has 1 heterocycles. The molecule has 0 radical (unpaired) electrons. The number of amides is 2. The second-order valence-corrected chi connectivity index (χ2v) is 8.93. The Balaban J connectivity index is 1.68. The lowest BCUT2D eigenvalue weighted by molar-refractivity contribution is -0.152. The van der Waals surface area contributed by atoms with E-state index in [-0.39, 0.29) is 17.4 Å². The van der Waals surface area contributed by atoms with Gasteiger partial charge in [-0.15, -0.1) is 0 Å². The standard InChI is InChI=1S/C19H27N3O6S/c1-14-5-7-16(8-6-14)29(26,27)21-10-17(23)20-11-19(25)28-13-18(24)22-9-3-4-15(2)12-22/h5-8,15,21H,3-4,9-13H2,1-2H3,(H,20,23)/t15-/m0/s1. The molecule has 1 fully saturated rings. The summed E-state index contributed by atoms with van der Waals surface area (Å²) in [5.74, 6) is -1.29. The van der Waals surface area contributed by atoms with Crippen molar-refractivity contribution >= 4 is 27.8 Å². The number of rotatable bonds is 8. The fourth-order valence-electron chi connectivity index (χ4n) is 2.90. The van der Waals surface area contributed by atoms with Crippen LogP contribution in [-0.2, 0) is 29.1 Å². The summed E-state index contributed by atoms with van der Waals surface area (Å²) in [5.41, 5.74) is 0.911. The Bertz CT molecular complexity index is 838. The first-order chi connectivity index (χ1) is 13.7. The zero-order chi connectivity index (χ0) is 21.4. The molecule has 0 unspecified atom stereocenters. The summed E-state index contributed by atoms with van der Waals surface area (Å²) in [5, 5.41) is 2.26. The number of likely N-dealkylation sites (tertiary alicyclic amines) is 1. The van der Waals surface area contributed by atoms with Crippen LogP contribution in [0.1, 0.15) is 25.3 Å². The van der Waals surface area contributed by atoms with E-state index in [1.165, 1.54) is 12.1 Å². The lowest BCUT2D eigenvalue weighted by atomic mass is 10.0. The van der Waals surface area contributed by atoms with Gasteiger partial charge in [-0.1, -0.05) is 24.6 Å². The molecule has 0 aromatic heterocycles. The summed E-state index contributed by atoms with van der Waals surface area (Å²) in [6.45, 7) is 3.85. The smallest absolute Gasteiger partial charge is 0.325 e. The number of piperidine rings is 1. The van der Waals surface area contributed by atoms with Crippen LogP contribution in [0.4, 0.5) is 0 Å². The normalized spacial score (nSPS) is 16.9. The van der Waals surface area contributed by atoms with Crippen LogP contribution in [0, 0.1) is 12.8 Å². The van der Waals surface area contributed by atoms with E-state index < -0.39 is 35.0 Å². The Kier molecular flexibility index (Phi) is 8.15. The Hall–Kier alpha value is -2.46. The molecule has 160 valence electrons. The Morgan fingerprint density at radius 2 is 1.86 bits per heavy atom. The fraction of sp³-hybridized carbons (Fsp3) is 0.526. The third-order valence-electron chi connectivity index (χ3n) is 4.55. The molecule has 1 aromatic rings. The van der Waals surface area contributed by atoms with Gasteiger partial charge >= 0.3 is 5.97 Å². The van der Waals surface area contributed by atoms with Crippen molar-refractivity contribution in [1.82, 2.24) is 14.9 Å². The maximum atomic E-state index is 12.1. The van der Waals surface area contributed by atoms with Gasteiger partial charge in [0.15, 0.2) is 6.61 Å². The van der Waals surface area contributed by atoms with Crippen LogP contribution in [0.25, 0.3) is 0 Å². The third kappa shape index (κ3) is 7.47. The van der Waals surface area contributed by atoms with E-state index in [0.717, 1.165) is 18.4 Å². The topological polar surface area (TPSA) is 122 Å². The van der Waals surface area contributed by atoms with Gasteiger partial charge in [0.2, 0.25) is 15.9 Å². The van der Waals surface area contributed by atoms with Gasteiger partial charge in [0.05, 0.1) is 11.4 Å². The highest BCUT2D eigenvalue weighted by molar-refractivity contribution is 7.89. The molecular weight excluding hydrogens is 398 g/mol. The summed E-state index contributed by atoms with van der Waals surface area (Å²) in [6.07, 6.45) is 2.00. The number of sulfonamides is 1. The molecule has 29 heavy (non-hydrogen) atoms. The largest absolute Gasteiger partial charge is 0.454 e. The Labute approximate surface area is 170 Å². The summed E-state index contributed by atoms with van der Waals surface area (Å²) in [6, 6.07) is 6.17. The monoisotopic (exact) mass is 425 g/mol. The summed E-state index contributed by atoms with van der Waals surface area (Å²) >= 11 is 0. The minimum Gasteiger partial charge on any atom is -0.454 e. The zero-order valence-electron chi connectivity index (χ0n) is 16.6. The van der Waals surface area contributed by atoms with E-state index in [4.69, 9.17) is 4.74 Å².